The fraction of sp³-hybridized carbons (Fsp3) is 0.538. The lowest BCUT2D eigenvalue weighted by molar-refractivity contribution is -0.402. The second-order valence-corrected chi connectivity index (χ2v) is 4.51. The van der Waals surface area contributed by atoms with E-state index in [1.54, 1.807) is 0 Å². The van der Waals surface area contributed by atoms with Crippen LogP contribution < -0.4 is 0 Å². The summed E-state index contributed by atoms with van der Waals surface area (Å²) in [5.41, 5.74) is 0. The molecule has 2 saturated heterocycles. The number of rotatable bonds is 5. The number of carbonyl (C=O) groups excluding carboxylic acids is 1. The summed E-state index contributed by atoms with van der Waals surface area (Å²) in [6, 6.07) is 2.23. The highest BCUT2D eigenvalue weighted by Gasteiger charge is 2.32. The first-order chi connectivity index (χ1) is 13.0. The molecule has 0 aliphatic carbocycles. The zero-order valence-electron chi connectivity index (χ0n) is 16.8. The molecule has 3 rings (SSSR count). The molecule has 2 aliphatic rings. The maximum Gasteiger partial charge on any atom is 0.433 e. The second kappa shape index (κ2) is 6.75. The number of nitrogens with zero attached hydrogens (tertiary/aromatic N) is 4. The third kappa shape index (κ3) is 3.85. The van der Waals surface area contributed by atoms with Crippen molar-refractivity contribution >= 4 is 18.2 Å². The Morgan fingerprint density at radius 2 is 2.35 bits per heavy atom. The van der Waals surface area contributed by atoms with E-state index < -0.39 is 36.0 Å². The number of hydrogen-bond donors (Lipinski definition) is 0. The van der Waals surface area contributed by atoms with Gasteiger partial charge in [0.25, 0.3) is 0 Å². The zero-order valence-corrected chi connectivity index (χ0v) is 11.8. The van der Waals surface area contributed by atoms with Crippen LogP contribution in [-0.4, -0.2) is 72.5 Å². The fourth-order valence-electron chi connectivity index (χ4n) is 1.86. The molecule has 0 radical (unpaired) electrons. The molecule has 10 heteroatoms. The molecule has 2 aliphatic heterocycles. The minimum absolute atomic E-state index is 0.0839. The summed E-state index contributed by atoms with van der Waals surface area (Å²) in [5, 5.41) is 14.4. The van der Waals surface area contributed by atoms with Crippen LogP contribution in [0.3, 0.4) is 0 Å². The molecular weight excluding hydrogens is 308 g/mol. The monoisotopic (exact) mass is 329 g/mol. The number of furan rings is 1. The van der Waals surface area contributed by atoms with Gasteiger partial charge in [-0.1, -0.05) is 0 Å². The second-order valence-electron chi connectivity index (χ2n) is 4.51. The van der Waals surface area contributed by atoms with Gasteiger partial charge in [0, 0.05) is 22.3 Å². The SMILES string of the molecule is [2H]C([2H])(N1CCOCC1)C1([2H])OC(=O)N(N=Cc2ccc([N+](=O)[O-])o2)C1([2H])[2H]. The molecule has 1 atom stereocenters. The van der Waals surface area contributed by atoms with E-state index in [0.717, 1.165) is 17.2 Å². The van der Waals surface area contributed by atoms with Gasteiger partial charge in [-0.2, -0.15) is 10.1 Å². The summed E-state index contributed by atoms with van der Waals surface area (Å²) in [4.78, 5) is 23.1. The quantitative estimate of drug-likeness (QED) is 0.443. The Bertz CT molecular complexity index is 811. The number of hydrogen-bond acceptors (Lipinski definition) is 8. The number of nitro groups is 1. The summed E-state index contributed by atoms with van der Waals surface area (Å²) in [6.07, 6.45) is -3.50. The van der Waals surface area contributed by atoms with Gasteiger partial charge in [0.05, 0.1) is 36.1 Å². The van der Waals surface area contributed by atoms with Crippen molar-refractivity contribution in [2.24, 2.45) is 5.10 Å². The number of hydrazone groups is 1. The molecule has 10 nitrogen and oxygen atoms in total. The van der Waals surface area contributed by atoms with Crippen LogP contribution in [-0.2, 0) is 9.47 Å². The van der Waals surface area contributed by atoms with Crippen LogP contribution in [0.25, 0.3) is 0 Å². The van der Waals surface area contributed by atoms with Crippen LogP contribution >= 0.6 is 0 Å². The number of morpholine rings is 1. The van der Waals surface area contributed by atoms with E-state index in [0.29, 0.717) is 0 Å². The molecule has 124 valence electrons. The number of amides is 1. The van der Waals surface area contributed by atoms with Crippen LogP contribution in [0.15, 0.2) is 21.7 Å². The number of carbonyl (C=O) groups is 1. The predicted octanol–water partition coefficient (Wildman–Crippen LogP) is 0.675. The van der Waals surface area contributed by atoms with E-state index in [4.69, 9.17) is 20.7 Å². The van der Waals surface area contributed by atoms with E-state index in [-0.39, 0.29) is 37.1 Å². The van der Waals surface area contributed by atoms with Crippen LogP contribution in [0.1, 0.15) is 12.6 Å². The molecule has 23 heavy (non-hydrogen) atoms. The van der Waals surface area contributed by atoms with Crippen molar-refractivity contribution in [2.75, 3.05) is 39.3 Å². The highest BCUT2D eigenvalue weighted by molar-refractivity contribution is 5.78. The van der Waals surface area contributed by atoms with Gasteiger partial charge >= 0.3 is 12.0 Å². The van der Waals surface area contributed by atoms with Crippen molar-refractivity contribution in [1.82, 2.24) is 9.91 Å². The van der Waals surface area contributed by atoms with Crippen molar-refractivity contribution in [2.45, 2.75) is 6.08 Å². The molecule has 1 aromatic rings. The first-order valence-corrected chi connectivity index (χ1v) is 6.65. The lowest BCUT2D eigenvalue weighted by Gasteiger charge is -2.27. The average molecular weight is 329 g/mol. The molecule has 0 bridgehead atoms. The topological polar surface area (TPSA) is 111 Å². The van der Waals surface area contributed by atoms with E-state index >= 15 is 0 Å². The zero-order chi connectivity index (χ0) is 20.7. The number of ether oxygens (including phenoxy) is 2. The third-order valence-electron chi connectivity index (χ3n) is 2.93. The molecule has 1 unspecified atom stereocenters. The molecule has 0 saturated carbocycles. The minimum atomic E-state index is -3.00. The summed E-state index contributed by atoms with van der Waals surface area (Å²) in [6.45, 7) is -5.15. The maximum atomic E-state index is 12.2. The Morgan fingerprint density at radius 3 is 3.04 bits per heavy atom. The van der Waals surface area contributed by atoms with Gasteiger partial charge in [-0.05, 0) is 6.07 Å². The van der Waals surface area contributed by atoms with Crippen molar-refractivity contribution in [1.29, 1.82) is 0 Å². The number of cyclic esters (lactones) is 1. The molecule has 0 spiro atoms. The van der Waals surface area contributed by atoms with Crippen LogP contribution in [0.2, 0.25) is 0 Å². The van der Waals surface area contributed by atoms with E-state index in [1.807, 2.05) is 0 Å². The van der Waals surface area contributed by atoms with Crippen LogP contribution in [0.5, 0.6) is 0 Å². The first-order valence-electron chi connectivity index (χ1n) is 9.15. The molecule has 2 fully saturated rings. The van der Waals surface area contributed by atoms with Gasteiger partial charge in [0.15, 0.2) is 5.76 Å². The van der Waals surface area contributed by atoms with Crippen molar-refractivity contribution in [3.63, 3.8) is 0 Å². The Kier molecular flexibility index (Phi) is 3.04. The lowest BCUT2D eigenvalue weighted by atomic mass is 10.3. The normalized spacial score (nSPS) is 31.9. The standard InChI is InChI=1S/C13H16N4O6/c18-13-16(14-7-10-1-2-12(22-10)17(19)20)9-11(23-13)8-15-3-5-21-6-4-15/h1-2,7,11H,3-6,8-9H2/i8D2,9D2,11D. The maximum absolute atomic E-state index is 12.2. The highest BCUT2D eigenvalue weighted by Crippen LogP contribution is 2.16. The predicted molar refractivity (Wildman–Crippen MR) is 77.2 cm³/mol. The first kappa shape index (κ1) is 10.3. The highest BCUT2D eigenvalue weighted by atomic mass is 16.6. The molecule has 3 heterocycles. The van der Waals surface area contributed by atoms with Gasteiger partial charge in [0.1, 0.15) is 11.0 Å². The molecule has 1 amide bonds. The Morgan fingerprint density at radius 1 is 1.57 bits per heavy atom. The van der Waals surface area contributed by atoms with Gasteiger partial charge in [0.2, 0.25) is 0 Å². The van der Waals surface area contributed by atoms with Crippen molar-refractivity contribution < 1.29 is 30.5 Å². The molecule has 0 N–H and O–H groups in total. The summed E-state index contributed by atoms with van der Waals surface area (Å²) < 4.78 is 55.9. The van der Waals surface area contributed by atoms with Crippen molar-refractivity contribution in [3.8, 4) is 0 Å². The van der Waals surface area contributed by atoms with E-state index in [2.05, 4.69) is 5.10 Å². The van der Waals surface area contributed by atoms with Crippen LogP contribution in [0, 0.1) is 10.1 Å². The largest absolute Gasteiger partial charge is 0.441 e. The Hall–Kier alpha value is -2.46. The van der Waals surface area contributed by atoms with Gasteiger partial charge in [-0.25, -0.2) is 4.79 Å². The summed E-state index contributed by atoms with van der Waals surface area (Å²) in [5.74, 6) is -0.721. The Balaban J connectivity index is 1.87. The smallest absolute Gasteiger partial charge is 0.433 e. The molecular formula is C13H16N4O6. The fourth-order valence-corrected chi connectivity index (χ4v) is 1.86. The average Bonchev–Trinajstić information content (AvgIpc) is 3.17. The third-order valence-corrected chi connectivity index (χ3v) is 2.93. The summed E-state index contributed by atoms with van der Waals surface area (Å²) >= 11 is 0. The van der Waals surface area contributed by atoms with Crippen LogP contribution in [0.4, 0.5) is 10.7 Å². The van der Waals surface area contributed by atoms with Crippen molar-refractivity contribution in [3.05, 3.63) is 28.0 Å². The minimum Gasteiger partial charge on any atom is -0.441 e. The van der Waals surface area contributed by atoms with Gasteiger partial charge in [-0.3, -0.25) is 15.0 Å². The summed E-state index contributed by atoms with van der Waals surface area (Å²) in [7, 11) is 0. The Labute approximate surface area is 138 Å². The van der Waals surface area contributed by atoms with Gasteiger partial charge < -0.3 is 13.9 Å². The van der Waals surface area contributed by atoms with E-state index in [1.165, 1.54) is 6.07 Å². The molecule has 0 aromatic carbocycles. The van der Waals surface area contributed by atoms with E-state index in [9.17, 15) is 14.9 Å². The van der Waals surface area contributed by atoms with Gasteiger partial charge in [-0.15, -0.1) is 0 Å². The lowest BCUT2D eigenvalue weighted by Crippen LogP contribution is -2.41. The molecule has 1 aromatic heterocycles.